The van der Waals surface area contributed by atoms with Crippen molar-refractivity contribution in [2.75, 3.05) is 42.5 Å². The molecule has 0 bridgehead atoms. The van der Waals surface area contributed by atoms with Crippen LogP contribution in [0.2, 0.25) is 0 Å². The first-order chi connectivity index (χ1) is 14.8. The van der Waals surface area contributed by atoms with E-state index < -0.39 is 4.92 Å². The highest BCUT2D eigenvalue weighted by molar-refractivity contribution is 6.07. The first-order valence-electron chi connectivity index (χ1n) is 10.2. The molecule has 0 atom stereocenters. The molecule has 0 unspecified atom stereocenters. The summed E-state index contributed by atoms with van der Waals surface area (Å²) in [6, 6.07) is 8.84. The van der Waals surface area contributed by atoms with Gasteiger partial charge in [0.1, 0.15) is 11.5 Å². The average Bonchev–Trinajstić information content (AvgIpc) is 2.77. The number of carbonyl (C=O) groups is 2. The number of carbonyl (C=O) groups excluding carboxylic acids is 2. The Labute approximate surface area is 179 Å². The molecule has 2 aromatic rings. The molecular weight excluding hydrogens is 403 g/mol. The topological polar surface area (TPSA) is 87.0 Å². The molecule has 2 aromatic carbocycles. The van der Waals surface area contributed by atoms with E-state index in [0.29, 0.717) is 56.9 Å². The summed E-state index contributed by atoms with van der Waals surface area (Å²) in [5.41, 5.74) is 1.91. The lowest BCUT2D eigenvalue weighted by Crippen LogP contribution is -2.48. The Morgan fingerprint density at radius 2 is 1.71 bits per heavy atom. The van der Waals surface area contributed by atoms with Crippen LogP contribution in [0.1, 0.15) is 29.3 Å². The normalized spacial score (nSPS) is 16.1. The molecule has 1 saturated heterocycles. The van der Waals surface area contributed by atoms with Crippen molar-refractivity contribution in [2.24, 2.45) is 0 Å². The van der Waals surface area contributed by atoms with Gasteiger partial charge in [-0.15, -0.1) is 0 Å². The van der Waals surface area contributed by atoms with Gasteiger partial charge in [-0.05, 0) is 48.7 Å². The van der Waals surface area contributed by atoms with E-state index in [1.165, 1.54) is 25.1 Å². The number of benzene rings is 2. The highest BCUT2D eigenvalue weighted by Gasteiger charge is 2.29. The van der Waals surface area contributed by atoms with E-state index in [0.717, 1.165) is 5.56 Å². The summed E-state index contributed by atoms with van der Waals surface area (Å²) in [6.07, 6.45) is 1.38. The van der Waals surface area contributed by atoms with Crippen LogP contribution in [0, 0.1) is 15.9 Å². The van der Waals surface area contributed by atoms with E-state index in [1.54, 1.807) is 28.0 Å². The zero-order valence-corrected chi connectivity index (χ0v) is 17.2. The Bertz CT molecular complexity index is 1050. The van der Waals surface area contributed by atoms with Crippen molar-refractivity contribution in [3.05, 3.63) is 63.5 Å². The van der Waals surface area contributed by atoms with Gasteiger partial charge in [0.25, 0.3) is 11.6 Å². The zero-order chi connectivity index (χ0) is 22.1. The lowest BCUT2D eigenvalue weighted by atomic mass is 10.0. The van der Waals surface area contributed by atoms with Gasteiger partial charge in [0, 0.05) is 57.0 Å². The van der Waals surface area contributed by atoms with E-state index in [4.69, 9.17) is 0 Å². The summed E-state index contributed by atoms with van der Waals surface area (Å²) in [5, 5.41) is 11.8. The average molecular weight is 426 g/mol. The van der Waals surface area contributed by atoms with Gasteiger partial charge in [0.2, 0.25) is 5.91 Å². The van der Waals surface area contributed by atoms with Crippen LogP contribution in [-0.4, -0.2) is 54.4 Å². The first-order valence-corrected chi connectivity index (χ1v) is 10.2. The molecule has 162 valence electrons. The predicted molar refractivity (Wildman–Crippen MR) is 114 cm³/mol. The summed E-state index contributed by atoms with van der Waals surface area (Å²) in [6.45, 7) is 3.94. The van der Waals surface area contributed by atoms with Gasteiger partial charge in [-0.25, -0.2) is 4.39 Å². The Hall–Kier alpha value is -3.49. The van der Waals surface area contributed by atoms with Crippen LogP contribution in [0.4, 0.5) is 21.5 Å². The van der Waals surface area contributed by atoms with Gasteiger partial charge in [-0.2, -0.15) is 0 Å². The monoisotopic (exact) mass is 426 g/mol. The zero-order valence-electron chi connectivity index (χ0n) is 17.2. The molecule has 31 heavy (non-hydrogen) atoms. The number of fused-ring (bicyclic) bond motifs is 1. The maximum absolute atomic E-state index is 13.6. The van der Waals surface area contributed by atoms with E-state index in [9.17, 15) is 24.1 Å². The van der Waals surface area contributed by atoms with Crippen molar-refractivity contribution >= 4 is 28.9 Å². The molecule has 0 radical (unpaired) electrons. The molecule has 0 N–H and O–H groups in total. The maximum Gasteiger partial charge on any atom is 0.293 e. The second kappa shape index (κ2) is 8.33. The van der Waals surface area contributed by atoms with E-state index in [-0.39, 0.29) is 28.9 Å². The number of aryl methyl sites for hydroxylation is 1. The number of amides is 2. The molecule has 0 spiro atoms. The van der Waals surface area contributed by atoms with E-state index in [1.807, 2.05) is 4.90 Å². The molecule has 9 heteroatoms. The maximum atomic E-state index is 13.6. The van der Waals surface area contributed by atoms with Crippen molar-refractivity contribution in [2.45, 2.75) is 19.8 Å². The Kier molecular flexibility index (Phi) is 5.58. The van der Waals surface area contributed by atoms with Crippen molar-refractivity contribution in [1.29, 1.82) is 0 Å². The Morgan fingerprint density at radius 1 is 1.00 bits per heavy atom. The number of nitrogens with zero attached hydrogens (tertiary/aromatic N) is 4. The van der Waals surface area contributed by atoms with Crippen LogP contribution in [0.5, 0.6) is 0 Å². The highest BCUT2D eigenvalue weighted by Crippen LogP contribution is 2.33. The molecular formula is C22H23FN4O4. The van der Waals surface area contributed by atoms with E-state index >= 15 is 0 Å². The van der Waals surface area contributed by atoms with Crippen LogP contribution in [0.25, 0.3) is 0 Å². The first kappa shape index (κ1) is 20.8. The number of nitro groups is 1. The SMILES string of the molecule is CC(=O)N1CCN(c2ccc(C(=O)N3CCCc4cc(F)ccc43)cc2[N+](=O)[O-])CC1. The lowest BCUT2D eigenvalue weighted by molar-refractivity contribution is -0.384. The third kappa shape index (κ3) is 4.08. The van der Waals surface area contributed by atoms with Gasteiger partial charge in [-0.1, -0.05) is 0 Å². The van der Waals surface area contributed by atoms with Crippen molar-refractivity contribution in [1.82, 2.24) is 4.90 Å². The van der Waals surface area contributed by atoms with Gasteiger partial charge in [-0.3, -0.25) is 19.7 Å². The standard InChI is InChI=1S/C22H23FN4O4/c1-15(28)24-9-11-25(12-10-24)20-6-4-17(14-21(20)27(30)31)22(29)26-8-2-3-16-13-18(23)5-7-19(16)26/h4-7,13-14H,2-3,8-12H2,1H3. The summed E-state index contributed by atoms with van der Waals surface area (Å²) in [5.74, 6) is -0.710. The fourth-order valence-corrected chi connectivity index (χ4v) is 4.26. The second-order valence-corrected chi connectivity index (χ2v) is 7.79. The summed E-state index contributed by atoms with van der Waals surface area (Å²) >= 11 is 0. The van der Waals surface area contributed by atoms with Gasteiger partial charge >= 0.3 is 0 Å². The lowest BCUT2D eigenvalue weighted by Gasteiger charge is -2.35. The molecule has 0 saturated carbocycles. The molecule has 4 rings (SSSR count). The van der Waals surface area contributed by atoms with Crippen molar-refractivity contribution in [3.8, 4) is 0 Å². The fraction of sp³-hybridized carbons (Fsp3) is 0.364. The fourth-order valence-electron chi connectivity index (χ4n) is 4.26. The highest BCUT2D eigenvalue weighted by atomic mass is 19.1. The molecule has 0 aromatic heterocycles. The number of rotatable bonds is 3. The smallest absolute Gasteiger partial charge is 0.293 e. The third-order valence-corrected chi connectivity index (χ3v) is 5.89. The Balaban J connectivity index is 1.61. The van der Waals surface area contributed by atoms with Gasteiger partial charge in [0.15, 0.2) is 0 Å². The minimum Gasteiger partial charge on any atom is -0.362 e. The molecule has 1 fully saturated rings. The quantitative estimate of drug-likeness (QED) is 0.556. The number of anilines is 2. The van der Waals surface area contributed by atoms with Crippen LogP contribution in [0.15, 0.2) is 36.4 Å². The van der Waals surface area contributed by atoms with Gasteiger partial charge < -0.3 is 14.7 Å². The second-order valence-electron chi connectivity index (χ2n) is 7.79. The van der Waals surface area contributed by atoms with Crippen LogP contribution < -0.4 is 9.80 Å². The van der Waals surface area contributed by atoms with Crippen LogP contribution in [-0.2, 0) is 11.2 Å². The van der Waals surface area contributed by atoms with E-state index in [2.05, 4.69) is 0 Å². The number of nitro benzene ring substituents is 1. The number of hydrogen-bond donors (Lipinski definition) is 0. The van der Waals surface area contributed by atoms with Crippen LogP contribution in [0.3, 0.4) is 0 Å². The summed E-state index contributed by atoms with van der Waals surface area (Å²) in [7, 11) is 0. The number of piperazine rings is 1. The molecule has 2 aliphatic rings. The Morgan fingerprint density at radius 3 is 2.39 bits per heavy atom. The van der Waals surface area contributed by atoms with Crippen molar-refractivity contribution in [3.63, 3.8) is 0 Å². The van der Waals surface area contributed by atoms with Gasteiger partial charge in [0.05, 0.1) is 4.92 Å². The molecule has 2 amide bonds. The number of hydrogen-bond acceptors (Lipinski definition) is 5. The largest absolute Gasteiger partial charge is 0.362 e. The number of halogens is 1. The summed E-state index contributed by atoms with van der Waals surface area (Å²) < 4.78 is 13.6. The minimum atomic E-state index is -0.483. The molecule has 2 aliphatic heterocycles. The molecule has 0 aliphatic carbocycles. The predicted octanol–water partition coefficient (Wildman–Crippen LogP) is 3.00. The third-order valence-electron chi connectivity index (χ3n) is 5.89. The molecule has 8 nitrogen and oxygen atoms in total. The van der Waals surface area contributed by atoms with Crippen molar-refractivity contribution < 1.29 is 18.9 Å². The molecule has 2 heterocycles. The minimum absolute atomic E-state index is 0.0169. The summed E-state index contributed by atoms with van der Waals surface area (Å²) in [4.78, 5) is 41.1. The van der Waals surface area contributed by atoms with Crippen LogP contribution >= 0.6 is 0 Å².